The van der Waals surface area contributed by atoms with Crippen LogP contribution in [0.15, 0.2) is 73.3 Å². The van der Waals surface area contributed by atoms with E-state index in [1.165, 1.54) is 0 Å². The van der Waals surface area contributed by atoms with Crippen molar-refractivity contribution in [2.24, 2.45) is 0 Å². The highest BCUT2D eigenvalue weighted by atomic mass is 16.2. The van der Waals surface area contributed by atoms with Gasteiger partial charge in [-0.2, -0.15) is 0 Å². The van der Waals surface area contributed by atoms with Crippen molar-refractivity contribution in [1.29, 1.82) is 0 Å². The summed E-state index contributed by atoms with van der Waals surface area (Å²) in [5.74, 6) is -0.719. The molecule has 6 heteroatoms. The minimum Gasteiger partial charge on any atom is -0.322 e. The first-order valence-electron chi connectivity index (χ1n) is 7.26. The third kappa shape index (κ3) is 3.61. The summed E-state index contributed by atoms with van der Waals surface area (Å²) in [7, 11) is 0. The zero-order chi connectivity index (χ0) is 16.8. The Bertz CT molecular complexity index is 779. The van der Waals surface area contributed by atoms with Crippen LogP contribution in [0.1, 0.15) is 20.7 Å². The Balaban J connectivity index is 1.82. The second kappa shape index (κ2) is 7.15. The molecule has 2 heterocycles. The van der Waals surface area contributed by atoms with E-state index in [9.17, 15) is 9.59 Å². The number of carbonyl (C=O) groups excluding carboxylic acids is 2. The van der Waals surface area contributed by atoms with Gasteiger partial charge in [-0.05, 0) is 36.4 Å². The first-order chi connectivity index (χ1) is 11.7. The quantitative estimate of drug-likeness (QED) is 0.774. The van der Waals surface area contributed by atoms with Crippen LogP contribution < -0.4 is 10.6 Å². The maximum atomic E-state index is 12.5. The van der Waals surface area contributed by atoms with Crippen LogP contribution >= 0.6 is 0 Å². The van der Waals surface area contributed by atoms with Crippen molar-refractivity contribution in [3.63, 3.8) is 0 Å². The van der Waals surface area contributed by atoms with Gasteiger partial charge in [-0.3, -0.25) is 19.6 Å². The third-order valence-electron chi connectivity index (χ3n) is 3.29. The van der Waals surface area contributed by atoms with Crippen LogP contribution in [0.5, 0.6) is 0 Å². The maximum Gasteiger partial charge on any atom is 0.256 e. The molecule has 0 atom stereocenters. The number of pyridine rings is 2. The molecule has 6 nitrogen and oxygen atoms in total. The molecule has 0 unspecified atom stereocenters. The lowest BCUT2D eigenvalue weighted by molar-refractivity contribution is 0.0990. The Labute approximate surface area is 138 Å². The van der Waals surface area contributed by atoms with Gasteiger partial charge in [0.15, 0.2) is 0 Å². The Kier molecular flexibility index (Phi) is 4.57. The van der Waals surface area contributed by atoms with Gasteiger partial charge in [0.25, 0.3) is 11.8 Å². The second-order valence-electron chi connectivity index (χ2n) is 4.93. The van der Waals surface area contributed by atoms with Crippen molar-refractivity contribution < 1.29 is 9.59 Å². The number of benzene rings is 1. The Hall–Kier alpha value is -3.54. The average molecular weight is 318 g/mol. The molecule has 0 aliphatic rings. The fourth-order valence-corrected chi connectivity index (χ4v) is 2.15. The van der Waals surface area contributed by atoms with Gasteiger partial charge in [0.2, 0.25) is 0 Å². The minimum atomic E-state index is -0.360. The number of aromatic nitrogens is 2. The molecule has 0 aliphatic heterocycles. The predicted octanol–water partition coefficient (Wildman–Crippen LogP) is 2.98. The Morgan fingerprint density at radius 1 is 0.625 bits per heavy atom. The normalized spacial score (nSPS) is 10.0. The topological polar surface area (TPSA) is 84.0 Å². The molecule has 0 aliphatic carbocycles. The fraction of sp³-hybridized carbons (Fsp3) is 0. The number of rotatable bonds is 4. The van der Waals surface area contributed by atoms with Gasteiger partial charge in [-0.15, -0.1) is 0 Å². The van der Waals surface area contributed by atoms with E-state index in [4.69, 9.17) is 0 Å². The van der Waals surface area contributed by atoms with E-state index in [2.05, 4.69) is 20.6 Å². The van der Waals surface area contributed by atoms with Gasteiger partial charge < -0.3 is 10.6 Å². The van der Waals surface area contributed by atoms with Crippen LogP contribution in [0.2, 0.25) is 0 Å². The van der Waals surface area contributed by atoms with E-state index in [0.29, 0.717) is 22.5 Å². The highest BCUT2D eigenvalue weighted by Gasteiger charge is 2.16. The smallest absolute Gasteiger partial charge is 0.256 e. The van der Waals surface area contributed by atoms with Crippen molar-refractivity contribution in [2.75, 3.05) is 10.6 Å². The highest BCUT2D eigenvalue weighted by Crippen LogP contribution is 2.15. The zero-order valence-corrected chi connectivity index (χ0v) is 12.6. The number of anilines is 2. The van der Waals surface area contributed by atoms with Crippen molar-refractivity contribution in [1.82, 2.24) is 9.97 Å². The number of nitrogens with one attached hydrogen (secondary N) is 2. The number of nitrogens with zero attached hydrogens (tertiary/aromatic N) is 2. The van der Waals surface area contributed by atoms with E-state index < -0.39 is 0 Å². The first kappa shape index (κ1) is 15.4. The van der Waals surface area contributed by atoms with E-state index >= 15 is 0 Å². The Morgan fingerprint density at radius 3 is 1.38 bits per heavy atom. The van der Waals surface area contributed by atoms with Crippen LogP contribution in [0.25, 0.3) is 0 Å². The van der Waals surface area contributed by atoms with Gasteiger partial charge in [-0.25, -0.2) is 0 Å². The van der Waals surface area contributed by atoms with Crippen LogP contribution in [-0.2, 0) is 0 Å². The molecule has 0 saturated carbocycles. The lowest BCUT2D eigenvalue weighted by Gasteiger charge is -2.10. The predicted molar refractivity (Wildman–Crippen MR) is 90.8 cm³/mol. The zero-order valence-electron chi connectivity index (χ0n) is 12.6. The third-order valence-corrected chi connectivity index (χ3v) is 3.29. The van der Waals surface area contributed by atoms with E-state index in [0.717, 1.165) is 0 Å². The number of hydrogen-bond donors (Lipinski definition) is 2. The molecule has 3 aromatic rings. The van der Waals surface area contributed by atoms with Crippen molar-refractivity contribution in [2.45, 2.75) is 0 Å². The molecule has 0 saturated heterocycles. The van der Waals surface area contributed by atoms with E-state index in [1.807, 2.05) is 0 Å². The van der Waals surface area contributed by atoms with E-state index in [1.54, 1.807) is 73.3 Å². The molecule has 0 spiro atoms. The van der Waals surface area contributed by atoms with Gasteiger partial charge in [0.05, 0.1) is 11.1 Å². The highest BCUT2D eigenvalue weighted by molar-refractivity contribution is 6.15. The van der Waals surface area contributed by atoms with E-state index in [-0.39, 0.29) is 11.8 Å². The monoisotopic (exact) mass is 318 g/mol. The summed E-state index contributed by atoms with van der Waals surface area (Å²) in [5, 5.41) is 5.50. The number of hydrogen-bond acceptors (Lipinski definition) is 4. The van der Waals surface area contributed by atoms with Crippen molar-refractivity contribution in [3.05, 3.63) is 84.4 Å². The lowest BCUT2D eigenvalue weighted by atomic mass is 10.1. The molecular weight excluding hydrogens is 304 g/mol. The van der Waals surface area contributed by atoms with Crippen LogP contribution in [0, 0.1) is 0 Å². The van der Waals surface area contributed by atoms with Gasteiger partial charge in [-0.1, -0.05) is 12.1 Å². The first-order valence-corrected chi connectivity index (χ1v) is 7.26. The molecule has 24 heavy (non-hydrogen) atoms. The SMILES string of the molecule is O=C(Nc1ccncc1)c1ccccc1C(=O)Nc1ccncc1. The molecule has 0 radical (unpaired) electrons. The molecule has 3 rings (SSSR count). The molecule has 118 valence electrons. The lowest BCUT2D eigenvalue weighted by Crippen LogP contribution is -2.20. The van der Waals surface area contributed by atoms with Crippen molar-refractivity contribution >= 4 is 23.2 Å². The van der Waals surface area contributed by atoms with Gasteiger partial charge in [0.1, 0.15) is 0 Å². The second-order valence-corrected chi connectivity index (χ2v) is 4.93. The fourth-order valence-electron chi connectivity index (χ4n) is 2.15. The largest absolute Gasteiger partial charge is 0.322 e. The summed E-state index contributed by atoms with van der Waals surface area (Å²) in [6, 6.07) is 13.4. The van der Waals surface area contributed by atoms with Crippen LogP contribution in [0.4, 0.5) is 11.4 Å². The standard InChI is InChI=1S/C18H14N4O2/c23-17(21-13-5-9-19-10-6-13)15-3-1-2-4-16(15)18(24)22-14-7-11-20-12-8-14/h1-12H,(H,19,21,23)(H,20,22,24). The summed E-state index contributed by atoms with van der Waals surface area (Å²) >= 11 is 0. The summed E-state index contributed by atoms with van der Waals surface area (Å²) in [6.45, 7) is 0. The van der Waals surface area contributed by atoms with Crippen LogP contribution in [-0.4, -0.2) is 21.8 Å². The summed E-state index contributed by atoms with van der Waals surface area (Å²) in [5.41, 5.74) is 1.81. The average Bonchev–Trinajstić information content (AvgIpc) is 2.63. The summed E-state index contributed by atoms with van der Waals surface area (Å²) in [6.07, 6.45) is 6.32. The molecule has 0 bridgehead atoms. The van der Waals surface area contributed by atoms with Crippen molar-refractivity contribution in [3.8, 4) is 0 Å². The number of amides is 2. The molecule has 2 aromatic heterocycles. The minimum absolute atomic E-state index is 0.292. The summed E-state index contributed by atoms with van der Waals surface area (Å²) in [4.78, 5) is 32.7. The molecule has 0 fully saturated rings. The van der Waals surface area contributed by atoms with Crippen LogP contribution in [0.3, 0.4) is 0 Å². The van der Waals surface area contributed by atoms with Gasteiger partial charge >= 0.3 is 0 Å². The molecule has 2 amide bonds. The molecular formula is C18H14N4O2. The maximum absolute atomic E-state index is 12.5. The molecule has 1 aromatic carbocycles. The summed E-state index contributed by atoms with van der Waals surface area (Å²) < 4.78 is 0. The van der Waals surface area contributed by atoms with Gasteiger partial charge in [0, 0.05) is 36.2 Å². The number of carbonyl (C=O) groups is 2. The molecule has 2 N–H and O–H groups in total. The Morgan fingerprint density at radius 2 is 1.00 bits per heavy atom.